The molecule has 0 radical (unpaired) electrons. The third-order valence-electron chi connectivity index (χ3n) is 7.85. The number of hydrogen-bond acceptors (Lipinski definition) is 7. The van der Waals surface area contributed by atoms with Crippen LogP contribution in [0.15, 0.2) is 73.4 Å². The van der Waals surface area contributed by atoms with Crippen LogP contribution in [0.2, 0.25) is 0 Å². The molecule has 2 aliphatic rings. The molecule has 0 saturated carbocycles. The number of thiazole rings is 1. The largest absolute Gasteiger partial charge is 0.485 e. The van der Waals surface area contributed by atoms with Crippen molar-refractivity contribution < 1.29 is 4.74 Å². The van der Waals surface area contributed by atoms with Crippen LogP contribution in [-0.4, -0.2) is 40.2 Å². The number of benzene rings is 2. The molecule has 4 aromatic rings. The maximum absolute atomic E-state index is 6.87. The molecule has 2 aliphatic heterocycles. The Kier molecular flexibility index (Phi) is 6.56. The molecule has 4 heterocycles. The van der Waals surface area contributed by atoms with Crippen LogP contribution >= 0.6 is 11.3 Å². The van der Waals surface area contributed by atoms with E-state index in [2.05, 4.69) is 89.1 Å². The van der Waals surface area contributed by atoms with E-state index < -0.39 is 0 Å². The summed E-state index contributed by atoms with van der Waals surface area (Å²) in [4.78, 5) is 19.0. The van der Waals surface area contributed by atoms with E-state index in [0.29, 0.717) is 0 Å². The summed E-state index contributed by atoms with van der Waals surface area (Å²) in [5.74, 6) is 1.00. The summed E-state index contributed by atoms with van der Waals surface area (Å²) in [6.45, 7) is 10.5. The summed E-state index contributed by atoms with van der Waals surface area (Å²) >= 11 is 1.71. The molecule has 38 heavy (non-hydrogen) atoms. The lowest BCUT2D eigenvalue weighted by molar-refractivity contribution is 0.0411. The predicted molar refractivity (Wildman–Crippen MR) is 155 cm³/mol. The second-order valence-electron chi connectivity index (χ2n) is 11.5. The fourth-order valence-electron chi connectivity index (χ4n) is 5.47. The summed E-state index contributed by atoms with van der Waals surface area (Å²) in [7, 11) is 0. The van der Waals surface area contributed by atoms with Crippen molar-refractivity contribution in [3.63, 3.8) is 0 Å². The maximum atomic E-state index is 6.87. The van der Waals surface area contributed by atoms with Crippen LogP contribution in [0.4, 0.5) is 10.8 Å². The molecule has 2 aromatic carbocycles. The average Bonchev–Trinajstić information content (AvgIpc) is 3.37. The molecule has 0 N–H and O–H groups in total. The van der Waals surface area contributed by atoms with Gasteiger partial charge < -0.3 is 14.5 Å². The van der Waals surface area contributed by atoms with Gasteiger partial charge in [0, 0.05) is 69.6 Å². The second kappa shape index (κ2) is 10.0. The molecule has 0 aliphatic carbocycles. The third kappa shape index (κ3) is 5.12. The summed E-state index contributed by atoms with van der Waals surface area (Å²) in [6.07, 6.45) is 10.2. The van der Waals surface area contributed by atoms with E-state index in [0.717, 1.165) is 66.8 Å². The molecular formula is C31H35N5OS. The maximum Gasteiger partial charge on any atom is 0.185 e. The number of nitrogens with zero attached hydrogens (tertiary/aromatic N) is 5. The second-order valence-corrected chi connectivity index (χ2v) is 12.5. The van der Waals surface area contributed by atoms with Gasteiger partial charge in [0.2, 0.25) is 0 Å². The van der Waals surface area contributed by atoms with Gasteiger partial charge in [-0.1, -0.05) is 68.5 Å². The highest BCUT2D eigenvalue weighted by Gasteiger charge is 2.40. The van der Waals surface area contributed by atoms with Gasteiger partial charge in [-0.25, -0.2) is 15.0 Å². The number of piperidine rings is 1. The number of anilines is 2. The highest BCUT2D eigenvalue weighted by atomic mass is 32.1. The van der Waals surface area contributed by atoms with E-state index in [9.17, 15) is 0 Å². The van der Waals surface area contributed by atoms with Crippen molar-refractivity contribution in [1.29, 1.82) is 0 Å². The Morgan fingerprint density at radius 3 is 2.34 bits per heavy atom. The highest BCUT2D eigenvalue weighted by molar-refractivity contribution is 7.18. The lowest BCUT2D eigenvalue weighted by Gasteiger charge is -2.41. The number of fused-ring (bicyclic) bond motifs is 1. The van der Waals surface area contributed by atoms with E-state index in [1.165, 1.54) is 16.8 Å². The normalized spacial score (nSPS) is 17.1. The molecular weight excluding hydrogens is 490 g/mol. The van der Waals surface area contributed by atoms with Crippen LogP contribution in [0.5, 0.6) is 5.75 Å². The quantitative estimate of drug-likeness (QED) is 0.295. The number of aromatic nitrogens is 3. The van der Waals surface area contributed by atoms with E-state index >= 15 is 0 Å². The summed E-state index contributed by atoms with van der Waals surface area (Å²) in [6, 6.07) is 17.7. The molecule has 7 heteroatoms. The molecule has 0 amide bonds. The fraction of sp³-hybridized carbons (Fsp3) is 0.387. The zero-order chi connectivity index (χ0) is 26.2. The van der Waals surface area contributed by atoms with Crippen LogP contribution in [0.3, 0.4) is 0 Å². The lowest BCUT2D eigenvalue weighted by Crippen LogP contribution is -2.48. The Bertz CT molecular complexity index is 1370. The van der Waals surface area contributed by atoms with Gasteiger partial charge in [-0.2, -0.15) is 0 Å². The van der Waals surface area contributed by atoms with Crippen LogP contribution in [0.25, 0.3) is 10.4 Å². The molecule has 6 nitrogen and oxygen atoms in total. The number of ether oxygens (including phenoxy) is 1. The van der Waals surface area contributed by atoms with Crippen molar-refractivity contribution in [2.45, 2.75) is 57.6 Å². The zero-order valence-electron chi connectivity index (χ0n) is 22.4. The Morgan fingerprint density at radius 2 is 1.61 bits per heavy atom. The van der Waals surface area contributed by atoms with Gasteiger partial charge in [0.25, 0.3) is 0 Å². The van der Waals surface area contributed by atoms with E-state index in [4.69, 9.17) is 9.72 Å². The highest BCUT2D eigenvalue weighted by Crippen LogP contribution is 2.42. The van der Waals surface area contributed by atoms with Gasteiger partial charge in [-0.05, 0) is 28.7 Å². The van der Waals surface area contributed by atoms with Crippen LogP contribution in [-0.2, 0) is 12.0 Å². The molecule has 1 spiro atoms. The van der Waals surface area contributed by atoms with Crippen LogP contribution in [0.1, 0.15) is 51.2 Å². The molecule has 2 aromatic heterocycles. The van der Waals surface area contributed by atoms with Gasteiger partial charge >= 0.3 is 0 Å². The van der Waals surface area contributed by atoms with E-state index in [1.807, 2.05) is 18.6 Å². The molecule has 0 unspecified atom stereocenters. The number of rotatable bonds is 4. The van der Waals surface area contributed by atoms with Crippen molar-refractivity contribution in [3.05, 3.63) is 84.6 Å². The molecule has 1 fully saturated rings. The first kappa shape index (κ1) is 24.9. The Morgan fingerprint density at radius 1 is 0.895 bits per heavy atom. The Hall–Kier alpha value is -3.45. The van der Waals surface area contributed by atoms with Gasteiger partial charge in [0.15, 0.2) is 5.13 Å². The first-order valence-electron chi connectivity index (χ1n) is 13.5. The predicted octanol–water partition coefficient (Wildman–Crippen LogP) is 6.73. The number of hydrogen-bond donors (Lipinski definition) is 0. The summed E-state index contributed by atoms with van der Waals surface area (Å²) < 4.78 is 6.87. The smallest absolute Gasteiger partial charge is 0.185 e. The van der Waals surface area contributed by atoms with Crippen molar-refractivity contribution in [2.24, 2.45) is 0 Å². The van der Waals surface area contributed by atoms with E-state index in [-0.39, 0.29) is 11.0 Å². The third-order valence-corrected chi connectivity index (χ3v) is 8.95. The van der Waals surface area contributed by atoms with Gasteiger partial charge in [0.1, 0.15) is 17.7 Å². The zero-order valence-corrected chi connectivity index (χ0v) is 23.2. The van der Waals surface area contributed by atoms with Gasteiger partial charge in [0.05, 0.1) is 10.6 Å². The standard InChI is InChI=1S/C31H35N5OS/c1-30(2,3)25-10-8-23(9-11-25)21-36-17-14-31(37-27-7-5-4-6-26(27)36)12-15-35(16-13-31)29-34-20-28(38-29)24-18-32-22-33-19-24/h4-11,18-20,22H,12-17,21H2,1-3H3. The van der Waals surface area contributed by atoms with Crippen LogP contribution < -0.4 is 14.5 Å². The Balaban J connectivity index is 1.16. The molecule has 0 bridgehead atoms. The van der Waals surface area contributed by atoms with Gasteiger partial charge in [-0.3, -0.25) is 0 Å². The minimum Gasteiger partial charge on any atom is -0.485 e. The first-order chi connectivity index (χ1) is 18.4. The minimum absolute atomic E-state index is 0.148. The lowest BCUT2D eigenvalue weighted by atomic mass is 9.86. The average molecular weight is 526 g/mol. The van der Waals surface area contributed by atoms with Crippen LogP contribution in [0, 0.1) is 0 Å². The molecule has 196 valence electrons. The fourth-order valence-corrected chi connectivity index (χ4v) is 6.41. The van der Waals surface area contributed by atoms with Crippen molar-refractivity contribution in [2.75, 3.05) is 29.4 Å². The van der Waals surface area contributed by atoms with Crippen molar-refractivity contribution in [1.82, 2.24) is 15.0 Å². The first-order valence-corrected chi connectivity index (χ1v) is 14.3. The van der Waals surface area contributed by atoms with Crippen molar-refractivity contribution in [3.8, 4) is 16.2 Å². The minimum atomic E-state index is -0.148. The topological polar surface area (TPSA) is 54.4 Å². The Labute approximate surface area is 229 Å². The summed E-state index contributed by atoms with van der Waals surface area (Å²) in [5, 5.41) is 1.06. The molecule has 0 atom stereocenters. The SMILES string of the molecule is CC(C)(C)c1ccc(CN2CCC3(CCN(c4ncc(-c5cncnc5)s4)CC3)Oc3ccccc32)cc1. The number of para-hydroxylation sites is 2. The van der Waals surface area contributed by atoms with Crippen molar-refractivity contribution >= 4 is 22.2 Å². The van der Waals surface area contributed by atoms with E-state index in [1.54, 1.807) is 17.7 Å². The van der Waals surface area contributed by atoms with Gasteiger partial charge in [-0.15, -0.1) is 0 Å². The molecule has 6 rings (SSSR count). The molecule has 1 saturated heterocycles. The summed E-state index contributed by atoms with van der Waals surface area (Å²) in [5.41, 5.74) is 4.94. The monoisotopic (exact) mass is 525 g/mol.